The van der Waals surface area contributed by atoms with Crippen LogP contribution in [0.25, 0.3) is 0 Å². The molecule has 0 aliphatic carbocycles. The van der Waals surface area contributed by atoms with E-state index in [2.05, 4.69) is 19.8 Å². The van der Waals surface area contributed by atoms with E-state index in [4.69, 9.17) is 4.74 Å². The quantitative estimate of drug-likeness (QED) is 0.799. The monoisotopic (exact) mass is 312 g/mol. The summed E-state index contributed by atoms with van der Waals surface area (Å²) in [6.45, 7) is 4.52. The predicted molar refractivity (Wildman–Crippen MR) is 87.3 cm³/mol. The van der Waals surface area contributed by atoms with E-state index in [1.807, 2.05) is 24.3 Å². The lowest BCUT2D eigenvalue weighted by Crippen LogP contribution is -2.46. The molecule has 0 amide bonds. The Kier molecular flexibility index (Phi) is 4.83. The highest BCUT2D eigenvalue weighted by atomic mass is 16.5. The Morgan fingerprint density at radius 1 is 1.13 bits per heavy atom. The van der Waals surface area contributed by atoms with Gasteiger partial charge in [0.25, 0.3) is 0 Å². The van der Waals surface area contributed by atoms with Gasteiger partial charge in [0.15, 0.2) is 0 Å². The first-order valence-corrected chi connectivity index (χ1v) is 7.68. The lowest BCUT2D eigenvalue weighted by molar-refractivity contribution is 0.0600. The number of anilines is 1. The number of hydrogen-bond acceptors (Lipinski definition) is 6. The van der Waals surface area contributed by atoms with E-state index in [9.17, 15) is 4.79 Å². The van der Waals surface area contributed by atoms with Gasteiger partial charge >= 0.3 is 5.97 Å². The molecule has 6 heteroatoms. The highest BCUT2D eigenvalue weighted by Gasteiger charge is 2.19. The van der Waals surface area contributed by atoms with Crippen LogP contribution in [-0.4, -0.2) is 54.1 Å². The minimum atomic E-state index is -0.294. The van der Waals surface area contributed by atoms with E-state index in [1.165, 1.54) is 7.11 Å². The number of esters is 1. The normalized spacial score (nSPS) is 15.4. The maximum Gasteiger partial charge on any atom is 0.337 e. The number of rotatable bonds is 4. The van der Waals surface area contributed by atoms with Crippen LogP contribution in [0.1, 0.15) is 15.9 Å². The highest BCUT2D eigenvalue weighted by Crippen LogP contribution is 2.14. The molecule has 0 radical (unpaired) electrons. The molecule has 1 saturated heterocycles. The van der Waals surface area contributed by atoms with Gasteiger partial charge in [0.1, 0.15) is 0 Å². The zero-order valence-electron chi connectivity index (χ0n) is 13.2. The van der Waals surface area contributed by atoms with Gasteiger partial charge in [0, 0.05) is 45.1 Å². The van der Waals surface area contributed by atoms with E-state index >= 15 is 0 Å². The van der Waals surface area contributed by atoms with Crippen molar-refractivity contribution < 1.29 is 9.53 Å². The molecule has 1 aliphatic heterocycles. The molecule has 0 unspecified atom stereocenters. The van der Waals surface area contributed by atoms with E-state index in [0.29, 0.717) is 5.56 Å². The number of ether oxygens (including phenoxy) is 1. The average Bonchev–Trinajstić information content (AvgIpc) is 2.62. The summed E-state index contributed by atoms with van der Waals surface area (Å²) in [6, 6.07) is 9.45. The third kappa shape index (κ3) is 3.84. The maximum absolute atomic E-state index is 11.6. The molecule has 6 nitrogen and oxygen atoms in total. The van der Waals surface area contributed by atoms with Crippen LogP contribution < -0.4 is 4.90 Å². The molecule has 2 heterocycles. The van der Waals surface area contributed by atoms with Crippen LogP contribution >= 0.6 is 0 Å². The summed E-state index contributed by atoms with van der Waals surface area (Å²) in [4.78, 5) is 24.8. The van der Waals surface area contributed by atoms with Crippen LogP contribution in [0.15, 0.2) is 42.7 Å². The molecular formula is C17H20N4O2. The van der Waals surface area contributed by atoms with Crippen LogP contribution in [0.5, 0.6) is 0 Å². The van der Waals surface area contributed by atoms with Crippen molar-refractivity contribution in [2.75, 3.05) is 38.2 Å². The van der Waals surface area contributed by atoms with Crippen molar-refractivity contribution in [3.8, 4) is 0 Å². The minimum absolute atomic E-state index is 0.294. The molecule has 0 N–H and O–H groups in total. The predicted octanol–water partition coefficient (Wildman–Crippen LogP) is 1.59. The first kappa shape index (κ1) is 15.4. The van der Waals surface area contributed by atoms with Gasteiger partial charge in [-0.15, -0.1) is 0 Å². The third-order valence-electron chi connectivity index (χ3n) is 3.96. The standard InChI is InChI=1S/C17H20N4O2/c1-23-16(22)15-5-2-4-14(12-15)13-20-8-10-21(11-9-20)17-18-6-3-7-19-17/h2-7,12H,8-11,13H2,1H3. The first-order valence-electron chi connectivity index (χ1n) is 7.68. The summed E-state index contributed by atoms with van der Waals surface area (Å²) in [7, 11) is 1.40. The van der Waals surface area contributed by atoms with Crippen LogP contribution in [0.3, 0.4) is 0 Å². The molecule has 0 spiro atoms. The number of methoxy groups -OCH3 is 1. The molecule has 0 saturated carbocycles. The second-order valence-corrected chi connectivity index (χ2v) is 5.50. The molecule has 1 aromatic heterocycles. The van der Waals surface area contributed by atoms with E-state index in [0.717, 1.165) is 44.2 Å². The van der Waals surface area contributed by atoms with Crippen LogP contribution in [-0.2, 0) is 11.3 Å². The number of hydrogen-bond donors (Lipinski definition) is 0. The summed E-state index contributed by atoms with van der Waals surface area (Å²) < 4.78 is 4.77. The number of carbonyl (C=O) groups excluding carboxylic acids is 1. The molecule has 120 valence electrons. The largest absolute Gasteiger partial charge is 0.465 e. The van der Waals surface area contributed by atoms with Crippen LogP contribution in [0.4, 0.5) is 5.95 Å². The smallest absolute Gasteiger partial charge is 0.337 e. The van der Waals surface area contributed by atoms with Gasteiger partial charge in [-0.05, 0) is 23.8 Å². The van der Waals surface area contributed by atoms with Gasteiger partial charge in [-0.25, -0.2) is 14.8 Å². The lowest BCUT2D eigenvalue weighted by Gasteiger charge is -2.34. The average molecular weight is 312 g/mol. The Labute approximate surface area is 135 Å². The van der Waals surface area contributed by atoms with Gasteiger partial charge < -0.3 is 9.64 Å². The van der Waals surface area contributed by atoms with Gasteiger partial charge in [0.2, 0.25) is 5.95 Å². The van der Waals surface area contributed by atoms with Gasteiger partial charge in [-0.1, -0.05) is 12.1 Å². The minimum Gasteiger partial charge on any atom is -0.465 e. The Hall–Kier alpha value is -2.47. The molecule has 1 aromatic carbocycles. The number of benzene rings is 1. The van der Waals surface area contributed by atoms with E-state index < -0.39 is 0 Å². The summed E-state index contributed by atoms with van der Waals surface area (Å²) in [5.74, 6) is 0.498. The number of nitrogens with zero attached hydrogens (tertiary/aromatic N) is 4. The summed E-state index contributed by atoms with van der Waals surface area (Å²) >= 11 is 0. The molecular weight excluding hydrogens is 292 g/mol. The number of carbonyl (C=O) groups is 1. The van der Waals surface area contributed by atoms with Crippen molar-refractivity contribution in [2.24, 2.45) is 0 Å². The molecule has 3 rings (SSSR count). The van der Waals surface area contributed by atoms with Gasteiger partial charge in [0.05, 0.1) is 12.7 Å². The Bertz CT molecular complexity index is 655. The highest BCUT2D eigenvalue weighted by molar-refractivity contribution is 5.89. The molecule has 0 atom stereocenters. The van der Waals surface area contributed by atoms with Crippen LogP contribution in [0.2, 0.25) is 0 Å². The Morgan fingerprint density at radius 3 is 2.57 bits per heavy atom. The molecule has 0 bridgehead atoms. The molecule has 1 fully saturated rings. The molecule has 1 aliphatic rings. The summed E-state index contributed by atoms with van der Waals surface area (Å²) in [6.07, 6.45) is 3.54. The van der Waals surface area contributed by atoms with Crippen molar-refractivity contribution >= 4 is 11.9 Å². The maximum atomic E-state index is 11.6. The number of piperazine rings is 1. The fourth-order valence-electron chi connectivity index (χ4n) is 2.73. The topological polar surface area (TPSA) is 58.6 Å². The van der Waals surface area contributed by atoms with E-state index in [1.54, 1.807) is 18.5 Å². The second-order valence-electron chi connectivity index (χ2n) is 5.50. The van der Waals surface area contributed by atoms with Crippen molar-refractivity contribution in [3.63, 3.8) is 0 Å². The zero-order valence-corrected chi connectivity index (χ0v) is 13.2. The Balaban J connectivity index is 1.58. The Morgan fingerprint density at radius 2 is 1.87 bits per heavy atom. The SMILES string of the molecule is COC(=O)c1cccc(CN2CCN(c3ncccn3)CC2)c1. The second kappa shape index (κ2) is 7.19. The van der Waals surface area contributed by atoms with Gasteiger partial charge in [-0.2, -0.15) is 0 Å². The third-order valence-corrected chi connectivity index (χ3v) is 3.96. The van der Waals surface area contributed by atoms with Gasteiger partial charge in [-0.3, -0.25) is 4.90 Å². The van der Waals surface area contributed by atoms with E-state index in [-0.39, 0.29) is 5.97 Å². The van der Waals surface area contributed by atoms with Crippen molar-refractivity contribution in [1.29, 1.82) is 0 Å². The molecule has 23 heavy (non-hydrogen) atoms. The zero-order chi connectivity index (χ0) is 16.1. The number of aromatic nitrogens is 2. The van der Waals surface area contributed by atoms with Crippen molar-refractivity contribution in [1.82, 2.24) is 14.9 Å². The lowest BCUT2D eigenvalue weighted by atomic mass is 10.1. The van der Waals surface area contributed by atoms with Crippen LogP contribution in [0, 0.1) is 0 Å². The first-order chi connectivity index (χ1) is 11.3. The summed E-state index contributed by atoms with van der Waals surface area (Å²) in [5.41, 5.74) is 1.72. The summed E-state index contributed by atoms with van der Waals surface area (Å²) in [5, 5.41) is 0. The molecule has 2 aromatic rings. The van der Waals surface area contributed by atoms with Crippen molar-refractivity contribution in [3.05, 3.63) is 53.9 Å². The van der Waals surface area contributed by atoms with Crippen molar-refractivity contribution in [2.45, 2.75) is 6.54 Å². The fourth-order valence-corrected chi connectivity index (χ4v) is 2.73. The fraction of sp³-hybridized carbons (Fsp3) is 0.353.